The number of aryl methyl sites for hydroxylation is 1. The molecule has 1 aliphatic rings. The van der Waals surface area contributed by atoms with Crippen LogP contribution in [0.1, 0.15) is 49.8 Å². The molecule has 0 saturated heterocycles. The van der Waals surface area contributed by atoms with Gasteiger partial charge in [0.15, 0.2) is 0 Å². The molecule has 0 unspecified atom stereocenters. The smallest absolute Gasteiger partial charge is 0.307 e. The highest BCUT2D eigenvalue weighted by Gasteiger charge is 2.44. The number of carbonyl (C=O) groups excluding carboxylic acids is 2. The zero-order chi connectivity index (χ0) is 19.3. The molecule has 0 radical (unpaired) electrons. The summed E-state index contributed by atoms with van der Waals surface area (Å²) in [5.41, 5.74) is 2.59. The fraction of sp³-hybridized carbons (Fsp3) is 0.391. The molecule has 0 aliphatic heterocycles. The van der Waals surface area contributed by atoms with Gasteiger partial charge in [0, 0.05) is 6.54 Å². The number of carbonyl (C=O) groups is 2. The van der Waals surface area contributed by atoms with E-state index in [0.29, 0.717) is 0 Å². The maximum Gasteiger partial charge on any atom is 0.307 e. The van der Waals surface area contributed by atoms with Gasteiger partial charge in [0.2, 0.25) is 5.91 Å². The summed E-state index contributed by atoms with van der Waals surface area (Å²) in [6, 6.07) is 18.2. The molecular formula is C23H27NO3. The zero-order valence-corrected chi connectivity index (χ0v) is 16.0. The summed E-state index contributed by atoms with van der Waals surface area (Å²) < 4.78 is 5.15. The van der Waals surface area contributed by atoms with E-state index in [9.17, 15) is 9.59 Å². The highest BCUT2D eigenvalue weighted by atomic mass is 16.5. The predicted molar refractivity (Wildman–Crippen MR) is 105 cm³/mol. The van der Waals surface area contributed by atoms with Gasteiger partial charge in [-0.15, -0.1) is 0 Å². The summed E-state index contributed by atoms with van der Waals surface area (Å²) in [6.45, 7) is 3.92. The minimum atomic E-state index is -0.710. The monoisotopic (exact) mass is 365 g/mol. The fourth-order valence-electron chi connectivity index (χ4n) is 3.97. The van der Waals surface area contributed by atoms with Crippen molar-refractivity contribution in [2.24, 2.45) is 0 Å². The molecule has 4 nitrogen and oxygen atoms in total. The van der Waals surface area contributed by atoms with Gasteiger partial charge in [-0.2, -0.15) is 0 Å². The van der Waals surface area contributed by atoms with Crippen LogP contribution in [0.5, 0.6) is 0 Å². The minimum Gasteiger partial charge on any atom is -0.463 e. The molecule has 0 heterocycles. The van der Waals surface area contributed by atoms with Crippen LogP contribution in [-0.2, 0) is 26.2 Å². The molecule has 0 bridgehead atoms. The molecule has 0 saturated carbocycles. The van der Waals surface area contributed by atoms with Crippen LogP contribution >= 0.6 is 0 Å². The van der Waals surface area contributed by atoms with Crippen LogP contribution < -0.4 is 5.32 Å². The molecule has 1 atom stereocenters. The number of nitrogens with one attached hydrogen (secondary N) is 1. The number of hydrogen-bond acceptors (Lipinski definition) is 3. The summed E-state index contributed by atoms with van der Waals surface area (Å²) in [6.07, 6.45) is 2.73. The Labute approximate surface area is 160 Å². The van der Waals surface area contributed by atoms with Crippen LogP contribution in [0.4, 0.5) is 0 Å². The second kappa shape index (κ2) is 8.38. The molecular weight excluding hydrogens is 338 g/mol. The van der Waals surface area contributed by atoms with Crippen molar-refractivity contribution >= 4 is 11.9 Å². The van der Waals surface area contributed by atoms with Crippen molar-refractivity contribution in [3.05, 3.63) is 71.3 Å². The average Bonchev–Trinajstić information content (AvgIpc) is 2.67. The third-order valence-corrected chi connectivity index (χ3v) is 5.11. The zero-order valence-electron chi connectivity index (χ0n) is 16.0. The summed E-state index contributed by atoms with van der Waals surface area (Å²) in [7, 11) is 0. The first-order valence-corrected chi connectivity index (χ1v) is 9.66. The first kappa shape index (κ1) is 19.2. The number of hydrogen-bond donors (Lipinski definition) is 1. The highest BCUT2D eigenvalue weighted by Crippen LogP contribution is 2.42. The van der Waals surface area contributed by atoms with Gasteiger partial charge in [-0.25, -0.2) is 0 Å². The average molecular weight is 365 g/mol. The number of benzene rings is 2. The Kier molecular flexibility index (Phi) is 5.94. The Hall–Kier alpha value is -2.62. The van der Waals surface area contributed by atoms with Crippen LogP contribution in [0.25, 0.3) is 0 Å². The molecule has 1 N–H and O–H groups in total. The molecule has 27 heavy (non-hydrogen) atoms. The van der Waals surface area contributed by atoms with Gasteiger partial charge >= 0.3 is 5.97 Å². The van der Waals surface area contributed by atoms with Crippen LogP contribution in [0.3, 0.4) is 0 Å². The lowest BCUT2D eigenvalue weighted by Crippen LogP contribution is -2.48. The summed E-state index contributed by atoms with van der Waals surface area (Å²) in [5, 5.41) is 3.00. The quantitative estimate of drug-likeness (QED) is 0.793. The van der Waals surface area contributed by atoms with Crippen molar-refractivity contribution in [2.75, 3.05) is 6.54 Å². The molecule has 2 aromatic carbocycles. The predicted octanol–water partition coefficient (Wildman–Crippen LogP) is 3.77. The van der Waals surface area contributed by atoms with Crippen LogP contribution in [-0.4, -0.2) is 24.5 Å². The standard InChI is InChI=1S/C23H27NO3/c1-17(2)27-21(25)14-16-24-22(26)23(19-11-4-3-5-12-19)15-8-10-18-9-6-7-13-20(18)23/h3-7,9,11-13,17H,8,10,14-16H2,1-2H3,(H,24,26)/t23-/m0/s1. The first-order valence-electron chi connectivity index (χ1n) is 9.66. The van der Waals surface area contributed by atoms with Crippen LogP contribution in [0, 0.1) is 0 Å². The molecule has 2 aromatic rings. The van der Waals surface area contributed by atoms with E-state index in [1.54, 1.807) is 0 Å². The van der Waals surface area contributed by atoms with Crippen LogP contribution in [0.15, 0.2) is 54.6 Å². The van der Waals surface area contributed by atoms with E-state index < -0.39 is 5.41 Å². The summed E-state index contributed by atoms with van der Waals surface area (Å²) in [5.74, 6) is -0.332. The minimum absolute atomic E-state index is 0.0433. The van der Waals surface area contributed by atoms with Gasteiger partial charge in [0.05, 0.1) is 17.9 Å². The number of esters is 1. The number of rotatable bonds is 6. The molecule has 1 amide bonds. The lowest BCUT2D eigenvalue weighted by molar-refractivity contribution is -0.147. The number of amides is 1. The Morgan fingerprint density at radius 3 is 2.52 bits per heavy atom. The SMILES string of the molecule is CC(C)OC(=O)CCNC(=O)[C@]1(c2ccccc2)CCCc2ccccc21. The van der Waals surface area contributed by atoms with Crippen molar-refractivity contribution in [2.45, 2.75) is 51.0 Å². The van der Waals surface area contributed by atoms with E-state index in [1.165, 1.54) is 5.56 Å². The van der Waals surface area contributed by atoms with E-state index in [4.69, 9.17) is 4.74 Å². The Bertz CT molecular complexity index is 800. The van der Waals surface area contributed by atoms with E-state index >= 15 is 0 Å². The second-order valence-corrected chi connectivity index (χ2v) is 7.33. The molecule has 0 aromatic heterocycles. The van der Waals surface area contributed by atoms with Crippen molar-refractivity contribution in [3.63, 3.8) is 0 Å². The third kappa shape index (κ3) is 4.05. The molecule has 1 aliphatic carbocycles. The lowest BCUT2D eigenvalue weighted by Gasteiger charge is -2.38. The van der Waals surface area contributed by atoms with Crippen molar-refractivity contribution in [1.82, 2.24) is 5.32 Å². The molecule has 3 rings (SSSR count). The highest BCUT2D eigenvalue weighted by molar-refractivity contribution is 5.93. The normalized spacial score (nSPS) is 18.6. The maximum absolute atomic E-state index is 13.4. The van der Waals surface area contributed by atoms with Gasteiger partial charge < -0.3 is 10.1 Å². The van der Waals surface area contributed by atoms with Gasteiger partial charge in [0.1, 0.15) is 0 Å². The topological polar surface area (TPSA) is 55.4 Å². The first-order chi connectivity index (χ1) is 13.0. The summed E-state index contributed by atoms with van der Waals surface area (Å²) >= 11 is 0. The van der Waals surface area contributed by atoms with Gasteiger partial charge in [-0.3, -0.25) is 9.59 Å². The Morgan fingerprint density at radius 2 is 1.78 bits per heavy atom. The van der Waals surface area contributed by atoms with Gasteiger partial charge in [-0.1, -0.05) is 54.6 Å². The molecule has 0 spiro atoms. The number of fused-ring (bicyclic) bond motifs is 1. The third-order valence-electron chi connectivity index (χ3n) is 5.11. The van der Waals surface area contributed by atoms with Crippen LogP contribution in [0.2, 0.25) is 0 Å². The van der Waals surface area contributed by atoms with Crippen molar-refractivity contribution in [1.29, 1.82) is 0 Å². The second-order valence-electron chi connectivity index (χ2n) is 7.33. The van der Waals surface area contributed by atoms with E-state index in [2.05, 4.69) is 17.4 Å². The van der Waals surface area contributed by atoms with Crippen molar-refractivity contribution < 1.29 is 14.3 Å². The van der Waals surface area contributed by atoms with E-state index in [-0.39, 0.29) is 30.9 Å². The number of ether oxygens (including phenoxy) is 1. The molecule has 142 valence electrons. The Balaban J connectivity index is 1.87. The fourth-order valence-corrected chi connectivity index (χ4v) is 3.97. The largest absolute Gasteiger partial charge is 0.463 e. The molecule has 4 heteroatoms. The summed E-state index contributed by atoms with van der Waals surface area (Å²) in [4.78, 5) is 25.2. The van der Waals surface area contributed by atoms with Gasteiger partial charge in [-0.05, 0) is 49.8 Å². The van der Waals surface area contributed by atoms with E-state index in [1.807, 2.05) is 56.3 Å². The van der Waals surface area contributed by atoms with E-state index in [0.717, 1.165) is 30.4 Å². The Morgan fingerprint density at radius 1 is 1.07 bits per heavy atom. The molecule has 0 fully saturated rings. The van der Waals surface area contributed by atoms with Gasteiger partial charge in [0.25, 0.3) is 0 Å². The lowest BCUT2D eigenvalue weighted by atomic mass is 9.65. The maximum atomic E-state index is 13.4. The van der Waals surface area contributed by atoms with Crippen molar-refractivity contribution in [3.8, 4) is 0 Å².